The van der Waals surface area contributed by atoms with Gasteiger partial charge in [0.25, 0.3) is 6.43 Å². The number of pyridine rings is 1. The summed E-state index contributed by atoms with van der Waals surface area (Å²) in [5.74, 6) is -0.0583. The van der Waals surface area contributed by atoms with Gasteiger partial charge < -0.3 is 5.73 Å². The Morgan fingerprint density at radius 2 is 2.29 bits per heavy atom. The monoisotopic (exact) mass is 217 g/mol. The lowest BCUT2D eigenvalue weighted by atomic mass is 10.1. The zero-order valence-corrected chi connectivity index (χ0v) is 7.72. The highest BCUT2D eigenvalue weighted by atomic mass is 35.5. The smallest absolute Gasteiger partial charge is 0.267 e. The molecule has 6 heteroatoms. The number of rotatable bonds is 2. The van der Waals surface area contributed by atoms with Gasteiger partial charge in [0, 0.05) is 6.20 Å². The minimum absolute atomic E-state index is 0.0583. The Morgan fingerprint density at radius 3 is 2.71 bits per heavy atom. The molecule has 1 heterocycles. The SMILES string of the molecule is N#Cc1cnc(CCl)c(N)c1C(F)F. The maximum absolute atomic E-state index is 12.5. The number of nitrogen functional groups attached to an aromatic ring is 1. The molecule has 1 rings (SSSR count). The quantitative estimate of drug-likeness (QED) is 0.773. The number of nitriles is 1. The van der Waals surface area contributed by atoms with E-state index in [2.05, 4.69) is 4.98 Å². The van der Waals surface area contributed by atoms with E-state index in [-0.39, 0.29) is 22.8 Å². The Morgan fingerprint density at radius 1 is 1.64 bits per heavy atom. The van der Waals surface area contributed by atoms with E-state index in [9.17, 15) is 8.78 Å². The lowest BCUT2D eigenvalue weighted by Gasteiger charge is -2.08. The molecule has 0 saturated heterocycles. The summed E-state index contributed by atoms with van der Waals surface area (Å²) in [6, 6.07) is 1.60. The molecule has 0 spiro atoms. The first-order valence-corrected chi connectivity index (χ1v) is 4.16. The molecule has 0 fully saturated rings. The molecular weight excluding hydrogens is 212 g/mol. The fourth-order valence-corrected chi connectivity index (χ4v) is 1.23. The zero-order valence-electron chi connectivity index (χ0n) is 6.97. The van der Waals surface area contributed by atoms with Crippen molar-refractivity contribution in [2.75, 3.05) is 5.73 Å². The molecule has 0 aromatic carbocycles. The van der Waals surface area contributed by atoms with Crippen LogP contribution in [0.4, 0.5) is 14.5 Å². The molecule has 0 aliphatic heterocycles. The predicted octanol–water partition coefficient (Wildman–Crippen LogP) is 2.21. The molecule has 74 valence electrons. The van der Waals surface area contributed by atoms with Crippen LogP contribution in [0.3, 0.4) is 0 Å². The number of alkyl halides is 3. The van der Waals surface area contributed by atoms with Crippen molar-refractivity contribution in [1.82, 2.24) is 4.98 Å². The first kappa shape index (κ1) is 10.7. The van der Waals surface area contributed by atoms with Gasteiger partial charge in [-0.2, -0.15) is 5.26 Å². The Hall–Kier alpha value is -1.41. The number of hydrogen-bond donors (Lipinski definition) is 1. The molecule has 3 nitrogen and oxygen atoms in total. The molecule has 0 aliphatic rings. The van der Waals surface area contributed by atoms with E-state index >= 15 is 0 Å². The number of anilines is 1. The summed E-state index contributed by atoms with van der Waals surface area (Å²) in [5.41, 5.74) is 4.66. The molecule has 0 amide bonds. The van der Waals surface area contributed by atoms with Crippen LogP contribution >= 0.6 is 11.6 Å². The highest BCUT2D eigenvalue weighted by Gasteiger charge is 2.19. The van der Waals surface area contributed by atoms with Crippen LogP contribution in [0.15, 0.2) is 6.20 Å². The van der Waals surface area contributed by atoms with Gasteiger partial charge in [0.15, 0.2) is 0 Å². The molecule has 14 heavy (non-hydrogen) atoms. The second-order valence-electron chi connectivity index (χ2n) is 2.49. The van der Waals surface area contributed by atoms with E-state index in [0.29, 0.717) is 0 Å². The Balaban J connectivity index is 3.41. The largest absolute Gasteiger partial charge is 0.397 e. The summed E-state index contributed by atoms with van der Waals surface area (Å²) >= 11 is 5.43. The molecule has 0 aliphatic carbocycles. The highest BCUT2D eigenvalue weighted by Crippen LogP contribution is 2.30. The van der Waals surface area contributed by atoms with Gasteiger partial charge in [-0.3, -0.25) is 4.98 Å². The lowest BCUT2D eigenvalue weighted by Crippen LogP contribution is -2.04. The average Bonchev–Trinajstić information content (AvgIpc) is 2.16. The van der Waals surface area contributed by atoms with E-state index in [4.69, 9.17) is 22.6 Å². The van der Waals surface area contributed by atoms with Crippen molar-refractivity contribution in [2.45, 2.75) is 12.3 Å². The third-order valence-corrected chi connectivity index (χ3v) is 1.96. The van der Waals surface area contributed by atoms with Gasteiger partial charge >= 0.3 is 0 Å². The van der Waals surface area contributed by atoms with Crippen LogP contribution in [0.25, 0.3) is 0 Å². The molecule has 1 aromatic rings. The van der Waals surface area contributed by atoms with E-state index in [1.54, 1.807) is 6.07 Å². The Labute approximate surface area is 84.1 Å². The second kappa shape index (κ2) is 4.20. The van der Waals surface area contributed by atoms with E-state index in [1.165, 1.54) is 0 Å². The fraction of sp³-hybridized carbons (Fsp3) is 0.250. The van der Waals surface area contributed by atoms with E-state index in [0.717, 1.165) is 6.20 Å². The van der Waals surface area contributed by atoms with Gasteiger partial charge in [0.2, 0.25) is 0 Å². The maximum Gasteiger partial charge on any atom is 0.267 e. The van der Waals surface area contributed by atoms with Crippen molar-refractivity contribution in [3.63, 3.8) is 0 Å². The first-order chi connectivity index (χ1) is 6.61. The van der Waals surface area contributed by atoms with Crippen molar-refractivity contribution in [3.8, 4) is 6.07 Å². The van der Waals surface area contributed by atoms with Crippen LogP contribution < -0.4 is 5.73 Å². The summed E-state index contributed by atoms with van der Waals surface area (Å²) in [5, 5.41) is 8.54. The van der Waals surface area contributed by atoms with Crippen molar-refractivity contribution >= 4 is 17.3 Å². The number of nitrogens with two attached hydrogens (primary N) is 1. The third kappa shape index (κ3) is 1.75. The van der Waals surface area contributed by atoms with Gasteiger partial charge in [0.1, 0.15) is 6.07 Å². The van der Waals surface area contributed by atoms with E-state index < -0.39 is 12.0 Å². The highest BCUT2D eigenvalue weighted by molar-refractivity contribution is 6.17. The van der Waals surface area contributed by atoms with Crippen molar-refractivity contribution in [1.29, 1.82) is 5.26 Å². The normalized spacial score (nSPS) is 10.2. The van der Waals surface area contributed by atoms with Gasteiger partial charge in [-0.1, -0.05) is 0 Å². The Bertz CT molecular complexity index is 387. The molecule has 0 unspecified atom stereocenters. The molecule has 0 bridgehead atoms. The van der Waals surface area contributed by atoms with Gasteiger partial charge in [0.05, 0.1) is 28.4 Å². The summed E-state index contributed by atoms with van der Waals surface area (Å²) in [6.07, 6.45) is -1.75. The van der Waals surface area contributed by atoms with Crippen molar-refractivity contribution in [3.05, 3.63) is 23.0 Å². The van der Waals surface area contributed by atoms with Gasteiger partial charge in [-0.15, -0.1) is 11.6 Å². The van der Waals surface area contributed by atoms with Crippen LogP contribution in [0, 0.1) is 11.3 Å². The predicted molar refractivity (Wildman–Crippen MR) is 47.9 cm³/mol. The summed E-state index contributed by atoms with van der Waals surface area (Å²) < 4.78 is 25.0. The van der Waals surface area contributed by atoms with Crippen molar-refractivity contribution in [2.24, 2.45) is 0 Å². The number of nitrogens with zero attached hydrogens (tertiary/aromatic N) is 2. The second-order valence-corrected chi connectivity index (χ2v) is 2.76. The minimum atomic E-state index is -2.80. The maximum atomic E-state index is 12.5. The average molecular weight is 218 g/mol. The molecule has 0 radical (unpaired) electrons. The van der Waals surface area contributed by atoms with Crippen LogP contribution in [0.5, 0.6) is 0 Å². The van der Waals surface area contributed by atoms with Crippen LogP contribution in [0.1, 0.15) is 23.2 Å². The number of aromatic nitrogens is 1. The molecular formula is C8H6ClF2N3. The van der Waals surface area contributed by atoms with E-state index in [1.807, 2.05) is 0 Å². The van der Waals surface area contributed by atoms with Gasteiger partial charge in [-0.25, -0.2) is 8.78 Å². The van der Waals surface area contributed by atoms with Crippen molar-refractivity contribution < 1.29 is 8.78 Å². The molecule has 1 aromatic heterocycles. The topological polar surface area (TPSA) is 62.7 Å². The lowest BCUT2D eigenvalue weighted by molar-refractivity contribution is 0.151. The zero-order chi connectivity index (χ0) is 10.7. The summed E-state index contributed by atoms with van der Waals surface area (Å²) in [7, 11) is 0. The summed E-state index contributed by atoms with van der Waals surface area (Å²) in [6.45, 7) is 0. The molecule has 0 atom stereocenters. The van der Waals surface area contributed by atoms with Crippen LogP contribution in [0.2, 0.25) is 0 Å². The van der Waals surface area contributed by atoms with Gasteiger partial charge in [-0.05, 0) is 0 Å². The number of hydrogen-bond acceptors (Lipinski definition) is 3. The molecule has 0 saturated carbocycles. The minimum Gasteiger partial charge on any atom is -0.397 e. The summed E-state index contributed by atoms with van der Waals surface area (Å²) in [4.78, 5) is 3.70. The molecule has 2 N–H and O–H groups in total. The first-order valence-electron chi connectivity index (χ1n) is 3.63. The fourth-order valence-electron chi connectivity index (χ4n) is 1.01. The van der Waals surface area contributed by atoms with Crippen LogP contribution in [-0.2, 0) is 5.88 Å². The van der Waals surface area contributed by atoms with Crippen LogP contribution in [-0.4, -0.2) is 4.98 Å². The number of halogens is 3. The third-order valence-electron chi connectivity index (χ3n) is 1.71. The standard InChI is InChI=1S/C8H6ClF2N3/c9-1-5-7(13)6(8(10)11)4(2-12)3-14-5/h3,8H,1,13H2. The Kier molecular flexibility index (Phi) is 3.20.